The highest BCUT2D eigenvalue weighted by molar-refractivity contribution is 5.74. The molecular weight excluding hydrogens is 164 g/mol. The Morgan fingerprint density at radius 3 is 2.46 bits per heavy atom. The minimum Gasteiger partial charge on any atom is -0.335 e. The maximum Gasteiger partial charge on any atom is 0.317 e. The van der Waals surface area contributed by atoms with Crippen molar-refractivity contribution in [2.75, 3.05) is 13.1 Å². The molecule has 1 aliphatic carbocycles. The number of carbonyl (C=O) groups excluding carboxylic acids is 1. The van der Waals surface area contributed by atoms with Crippen LogP contribution in [0.5, 0.6) is 0 Å². The Morgan fingerprint density at radius 1 is 1.31 bits per heavy atom. The molecule has 1 aliphatic heterocycles. The van der Waals surface area contributed by atoms with E-state index in [0.29, 0.717) is 6.04 Å². The van der Waals surface area contributed by atoms with Crippen molar-refractivity contribution in [2.24, 2.45) is 5.92 Å². The van der Waals surface area contributed by atoms with Gasteiger partial charge in [0, 0.05) is 19.1 Å². The van der Waals surface area contributed by atoms with Gasteiger partial charge in [-0.1, -0.05) is 6.92 Å². The second kappa shape index (κ2) is 3.56. The van der Waals surface area contributed by atoms with Gasteiger partial charge >= 0.3 is 6.03 Å². The predicted molar refractivity (Wildman–Crippen MR) is 51.5 cm³/mol. The van der Waals surface area contributed by atoms with Crippen molar-refractivity contribution in [3.8, 4) is 0 Å². The molecule has 1 saturated carbocycles. The summed E-state index contributed by atoms with van der Waals surface area (Å²) in [4.78, 5) is 13.5. The summed E-state index contributed by atoms with van der Waals surface area (Å²) in [5, 5.41) is 3.08. The van der Waals surface area contributed by atoms with E-state index in [1.807, 2.05) is 4.90 Å². The van der Waals surface area contributed by atoms with Crippen molar-refractivity contribution in [1.82, 2.24) is 10.2 Å². The van der Waals surface area contributed by atoms with Gasteiger partial charge in [0.05, 0.1) is 0 Å². The number of amides is 2. The molecule has 0 aromatic rings. The topological polar surface area (TPSA) is 32.3 Å². The SMILES string of the molecule is CC1CC(NC(=O)N2CCCC2)C1. The second-order valence-electron chi connectivity index (χ2n) is 4.42. The van der Waals surface area contributed by atoms with Gasteiger partial charge in [-0.3, -0.25) is 0 Å². The summed E-state index contributed by atoms with van der Waals surface area (Å²) in [6.07, 6.45) is 4.68. The van der Waals surface area contributed by atoms with Crippen molar-refractivity contribution < 1.29 is 4.79 Å². The summed E-state index contributed by atoms with van der Waals surface area (Å²) in [7, 11) is 0. The zero-order valence-electron chi connectivity index (χ0n) is 8.25. The minimum atomic E-state index is 0.161. The fourth-order valence-corrected chi connectivity index (χ4v) is 2.21. The van der Waals surface area contributed by atoms with E-state index in [9.17, 15) is 4.79 Å². The second-order valence-corrected chi connectivity index (χ2v) is 4.42. The van der Waals surface area contributed by atoms with Gasteiger partial charge in [0.25, 0.3) is 0 Å². The normalized spacial score (nSPS) is 32.8. The summed E-state index contributed by atoms with van der Waals surface area (Å²) < 4.78 is 0. The third-order valence-electron chi connectivity index (χ3n) is 3.09. The molecule has 2 amide bonds. The molecule has 1 saturated heterocycles. The number of nitrogens with one attached hydrogen (secondary N) is 1. The largest absolute Gasteiger partial charge is 0.335 e. The Balaban J connectivity index is 1.72. The van der Waals surface area contributed by atoms with Gasteiger partial charge in [-0.2, -0.15) is 0 Å². The highest BCUT2D eigenvalue weighted by Gasteiger charge is 2.28. The summed E-state index contributed by atoms with van der Waals surface area (Å²) in [5.74, 6) is 0.809. The zero-order chi connectivity index (χ0) is 9.26. The van der Waals surface area contributed by atoms with Crippen LogP contribution in [-0.4, -0.2) is 30.1 Å². The summed E-state index contributed by atoms with van der Waals surface area (Å²) in [5.41, 5.74) is 0. The molecule has 13 heavy (non-hydrogen) atoms. The van der Waals surface area contributed by atoms with E-state index in [2.05, 4.69) is 12.2 Å². The molecule has 1 N–H and O–H groups in total. The minimum absolute atomic E-state index is 0.161. The number of hydrogen-bond acceptors (Lipinski definition) is 1. The maximum absolute atomic E-state index is 11.6. The molecule has 3 nitrogen and oxygen atoms in total. The number of hydrogen-bond donors (Lipinski definition) is 1. The van der Waals surface area contributed by atoms with Crippen LogP contribution in [0.25, 0.3) is 0 Å². The van der Waals surface area contributed by atoms with Crippen molar-refractivity contribution in [3.63, 3.8) is 0 Å². The number of rotatable bonds is 1. The van der Waals surface area contributed by atoms with Crippen LogP contribution in [0.3, 0.4) is 0 Å². The smallest absolute Gasteiger partial charge is 0.317 e. The van der Waals surface area contributed by atoms with Crippen LogP contribution in [0, 0.1) is 5.92 Å². The molecule has 0 aromatic heterocycles. The van der Waals surface area contributed by atoms with Gasteiger partial charge in [-0.15, -0.1) is 0 Å². The van der Waals surface area contributed by atoms with Crippen LogP contribution < -0.4 is 5.32 Å². The Morgan fingerprint density at radius 2 is 1.92 bits per heavy atom. The number of likely N-dealkylation sites (tertiary alicyclic amines) is 1. The highest BCUT2D eigenvalue weighted by Crippen LogP contribution is 2.26. The van der Waals surface area contributed by atoms with E-state index >= 15 is 0 Å². The number of urea groups is 1. The van der Waals surface area contributed by atoms with E-state index in [0.717, 1.165) is 19.0 Å². The third kappa shape index (κ3) is 1.95. The summed E-state index contributed by atoms with van der Waals surface area (Å²) >= 11 is 0. The molecular formula is C10H18N2O. The van der Waals surface area contributed by atoms with E-state index in [1.54, 1.807) is 0 Å². The first kappa shape index (κ1) is 8.85. The molecule has 2 aliphatic rings. The predicted octanol–water partition coefficient (Wildman–Crippen LogP) is 1.59. The number of carbonyl (C=O) groups is 1. The van der Waals surface area contributed by atoms with Crippen LogP contribution in [0.1, 0.15) is 32.6 Å². The van der Waals surface area contributed by atoms with Crippen LogP contribution in [0.15, 0.2) is 0 Å². The van der Waals surface area contributed by atoms with Crippen LogP contribution >= 0.6 is 0 Å². The molecule has 3 heteroatoms. The lowest BCUT2D eigenvalue weighted by atomic mass is 9.82. The molecule has 0 spiro atoms. The fraction of sp³-hybridized carbons (Fsp3) is 0.900. The summed E-state index contributed by atoms with van der Waals surface area (Å²) in [6.45, 7) is 4.14. The average molecular weight is 182 g/mol. The lowest BCUT2D eigenvalue weighted by Gasteiger charge is -2.34. The Labute approximate surface area is 79.5 Å². The standard InChI is InChI=1S/C10H18N2O/c1-8-6-9(7-8)11-10(13)12-4-2-3-5-12/h8-9H,2-7H2,1H3,(H,11,13). The van der Waals surface area contributed by atoms with Gasteiger partial charge in [0.2, 0.25) is 0 Å². The average Bonchev–Trinajstić information content (AvgIpc) is 2.53. The lowest BCUT2D eigenvalue weighted by Crippen LogP contribution is -2.48. The van der Waals surface area contributed by atoms with Gasteiger partial charge in [-0.05, 0) is 31.6 Å². The van der Waals surface area contributed by atoms with Gasteiger partial charge in [0.15, 0.2) is 0 Å². The van der Waals surface area contributed by atoms with Crippen LogP contribution in [0.4, 0.5) is 4.79 Å². The van der Waals surface area contributed by atoms with E-state index in [4.69, 9.17) is 0 Å². The van der Waals surface area contributed by atoms with Gasteiger partial charge < -0.3 is 10.2 Å². The Kier molecular flexibility index (Phi) is 2.42. The molecule has 1 heterocycles. The highest BCUT2D eigenvalue weighted by atomic mass is 16.2. The van der Waals surface area contributed by atoms with E-state index in [-0.39, 0.29) is 6.03 Å². The molecule has 0 aromatic carbocycles. The van der Waals surface area contributed by atoms with Gasteiger partial charge in [-0.25, -0.2) is 4.79 Å². The van der Waals surface area contributed by atoms with Crippen molar-refractivity contribution in [3.05, 3.63) is 0 Å². The monoisotopic (exact) mass is 182 g/mol. The van der Waals surface area contributed by atoms with Crippen molar-refractivity contribution in [2.45, 2.75) is 38.6 Å². The summed E-state index contributed by atoms with van der Waals surface area (Å²) in [6, 6.07) is 0.623. The van der Waals surface area contributed by atoms with Crippen molar-refractivity contribution in [1.29, 1.82) is 0 Å². The molecule has 2 fully saturated rings. The molecule has 0 radical (unpaired) electrons. The molecule has 74 valence electrons. The van der Waals surface area contributed by atoms with Crippen LogP contribution in [-0.2, 0) is 0 Å². The first-order valence-corrected chi connectivity index (χ1v) is 5.31. The molecule has 0 atom stereocenters. The quantitative estimate of drug-likeness (QED) is 0.656. The fourth-order valence-electron chi connectivity index (χ4n) is 2.21. The lowest BCUT2D eigenvalue weighted by molar-refractivity contribution is 0.183. The van der Waals surface area contributed by atoms with Gasteiger partial charge in [0.1, 0.15) is 0 Å². The molecule has 0 bridgehead atoms. The first-order valence-electron chi connectivity index (χ1n) is 5.31. The number of nitrogens with zero attached hydrogens (tertiary/aromatic N) is 1. The van der Waals surface area contributed by atoms with E-state index in [1.165, 1.54) is 25.7 Å². The van der Waals surface area contributed by atoms with E-state index < -0.39 is 0 Å². The third-order valence-corrected chi connectivity index (χ3v) is 3.09. The molecule has 0 unspecified atom stereocenters. The molecule has 2 rings (SSSR count). The Bertz CT molecular complexity index is 193. The van der Waals surface area contributed by atoms with Crippen molar-refractivity contribution >= 4 is 6.03 Å². The van der Waals surface area contributed by atoms with Crippen LogP contribution in [0.2, 0.25) is 0 Å². The maximum atomic E-state index is 11.6. The first-order chi connectivity index (χ1) is 6.25. The Hall–Kier alpha value is -0.730. The zero-order valence-corrected chi connectivity index (χ0v) is 8.25.